The molecular weight excluding hydrogens is 413 g/mol. The number of ether oxygens (including phenoxy) is 1. The Balaban J connectivity index is 1.39. The molecule has 2 aromatic carbocycles. The summed E-state index contributed by atoms with van der Waals surface area (Å²) in [6, 6.07) is 19.2. The molecule has 31 heavy (non-hydrogen) atoms. The molecule has 4 rings (SSSR count). The molecule has 0 bridgehead atoms. The summed E-state index contributed by atoms with van der Waals surface area (Å²) in [5, 5.41) is 0. The number of para-hydroxylation sites is 1. The Morgan fingerprint density at radius 2 is 1.71 bits per heavy atom. The molecule has 0 aliphatic rings. The number of nitrogens with two attached hydrogens (primary N) is 1. The summed E-state index contributed by atoms with van der Waals surface area (Å²) in [6.45, 7) is 0.833. The summed E-state index contributed by atoms with van der Waals surface area (Å²) < 4.78 is 27.1. The zero-order valence-corrected chi connectivity index (χ0v) is 17.9. The Morgan fingerprint density at radius 1 is 0.968 bits per heavy atom. The summed E-state index contributed by atoms with van der Waals surface area (Å²) >= 11 is 0. The molecule has 8 nitrogen and oxygen atoms in total. The number of benzene rings is 2. The molecule has 0 aliphatic heterocycles. The number of fused-ring (bicyclic) bond motifs is 1. The predicted molar refractivity (Wildman–Crippen MR) is 120 cm³/mol. The monoisotopic (exact) mass is 437 g/mol. The highest BCUT2D eigenvalue weighted by Gasteiger charge is 2.25. The van der Waals surface area contributed by atoms with Crippen LogP contribution in [0.5, 0.6) is 5.75 Å². The highest BCUT2D eigenvalue weighted by atomic mass is 31.2. The molecule has 2 N–H and O–H groups in total. The second-order valence-corrected chi connectivity index (χ2v) is 9.60. The predicted octanol–water partition coefficient (Wildman–Crippen LogP) is 3.98. The van der Waals surface area contributed by atoms with Crippen molar-refractivity contribution in [3.8, 4) is 5.75 Å². The lowest BCUT2D eigenvalue weighted by molar-refractivity contribution is 0.160. The summed E-state index contributed by atoms with van der Waals surface area (Å²) in [4.78, 5) is 12.4. The number of anilines is 1. The molecule has 1 atom stereocenters. The van der Waals surface area contributed by atoms with Crippen molar-refractivity contribution in [2.75, 3.05) is 24.9 Å². The van der Waals surface area contributed by atoms with Crippen LogP contribution in [0.25, 0.3) is 11.2 Å². The maximum absolute atomic E-state index is 13.6. The summed E-state index contributed by atoms with van der Waals surface area (Å²) in [6.07, 6.45) is 4.12. The van der Waals surface area contributed by atoms with Crippen molar-refractivity contribution in [2.24, 2.45) is 0 Å². The molecule has 1 unspecified atom stereocenters. The number of hydrogen-bond acceptors (Lipinski definition) is 7. The summed E-state index contributed by atoms with van der Waals surface area (Å²) in [5.74, 6) is 0.918. The van der Waals surface area contributed by atoms with Gasteiger partial charge in [0, 0.05) is 12.7 Å². The molecule has 0 saturated carbocycles. The Bertz CT molecular complexity index is 1170. The van der Waals surface area contributed by atoms with E-state index in [0.29, 0.717) is 48.5 Å². The van der Waals surface area contributed by atoms with E-state index in [1.807, 2.05) is 53.1 Å². The number of nitrogen functional groups attached to an aromatic ring is 1. The van der Waals surface area contributed by atoms with Crippen LogP contribution in [0.15, 0.2) is 73.3 Å². The third-order valence-electron chi connectivity index (χ3n) is 4.79. The molecule has 2 heterocycles. The first kappa shape index (κ1) is 21.0. The quantitative estimate of drug-likeness (QED) is 0.295. The Labute approximate surface area is 180 Å². The SMILES string of the molecule is Nc1ncnc2c1ncn2CCOCP(=O)(CCc1ccccc1)Oc1ccccc1. The molecule has 0 spiro atoms. The van der Waals surface area contributed by atoms with E-state index in [9.17, 15) is 4.57 Å². The fourth-order valence-corrected chi connectivity index (χ4v) is 4.97. The molecule has 0 aliphatic carbocycles. The molecule has 4 aromatic rings. The van der Waals surface area contributed by atoms with Crippen LogP contribution in [0, 0.1) is 0 Å². The number of aromatic nitrogens is 4. The van der Waals surface area contributed by atoms with Crippen LogP contribution in [0.3, 0.4) is 0 Å². The average molecular weight is 437 g/mol. The third-order valence-corrected chi connectivity index (χ3v) is 6.82. The van der Waals surface area contributed by atoms with Gasteiger partial charge in [-0.05, 0) is 24.1 Å². The largest absolute Gasteiger partial charge is 0.441 e. The molecule has 0 fully saturated rings. The second kappa shape index (κ2) is 9.73. The van der Waals surface area contributed by atoms with Crippen molar-refractivity contribution < 1.29 is 13.8 Å². The molecule has 160 valence electrons. The number of imidazole rings is 1. The van der Waals surface area contributed by atoms with Gasteiger partial charge in [0.2, 0.25) is 0 Å². The second-order valence-electron chi connectivity index (χ2n) is 7.08. The van der Waals surface area contributed by atoms with Gasteiger partial charge in [-0.2, -0.15) is 0 Å². The Hall–Kier alpha value is -3.22. The van der Waals surface area contributed by atoms with Crippen LogP contribution in [-0.4, -0.2) is 38.6 Å². The van der Waals surface area contributed by atoms with E-state index < -0.39 is 7.37 Å². The van der Waals surface area contributed by atoms with E-state index in [1.165, 1.54) is 6.33 Å². The van der Waals surface area contributed by atoms with Gasteiger partial charge in [-0.25, -0.2) is 15.0 Å². The number of aryl methyl sites for hydroxylation is 1. The third kappa shape index (κ3) is 5.48. The minimum absolute atomic E-state index is 0.0263. The van der Waals surface area contributed by atoms with E-state index in [0.717, 1.165) is 5.56 Å². The van der Waals surface area contributed by atoms with Crippen LogP contribution in [-0.2, 0) is 22.3 Å². The molecular formula is C22H24N5O3P. The van der Waals surface area contributed by atoms with E-state index >= 15 is 0 Å². The Kier molecular flexibility index (Phi) is 6.60. The lowest BCUT2D eigenvalue weighted by atomic mass is 10.2. The molecule has 0 radical (unpaired) electrons. The lowest BCUT2D eigenvalue weighted by Gasteiger charge is -2.20. The number of hydrogen-bond donors (Lipinski definition) is 1. The van der Waals surface area contributed by atoms with Crippen LogP contribution in [0.2, 0.25) is 0 Å². The van der Waals surface area contributed by atoms with Gasteiger partial charge >= 0.3 is 0 Å². The lowest BCUT2D eigenvalue weighted by Crippen LogP contribution is -2.11. The molecule has 9 heteroatoms. The van der Waals surface area contributed by atoms with Gasteiger partial charge in [0.25, 0.3) is 7.37 Å². The van der Waals surface area contributed by atoms with Gasteiger partial charge < -0.3 is 19.6 Å². The summed E-state index contributed by atoms with van der Waals surface area (Å²) in [5.41, 5.74) is 8.14. The first-order chi connectivity index (χ1) is 15.1. The van der Waals surface area contributed by atoms with Crippen molar-refractivity contribution >= 4 is 24.4 Å². The van der Waals surface area contributed by atoms with Crippen LogP contribution in [0.1, 0.15) is 5.56 Å². The summed E-state index contributed by atoms with van der Waals surface area (Å²) in [7, 11) is -3.06. The van der Waals surface area contributed by atoms with Crippen LogP contribution < -0.4 is 10.3 Å². The first-order valence-corrected chi connectivity index (χ1v) is 12.0. The fraction of sp³-hybridized carbons (Fsp3) is 0.227. The maximum Gasteiger partial charge on any atom is 0.273 e. The van der Waals surface area contributed by atoms with E-state index in [2.05, 4.69) is 15.0 Å². The zero-order valence-electron chi connectivity index (χ0n) is 17.0. The minimum atomic E-state index is -3.06. The minimum Gasteiger partial charge on any atom is -0.441 e. The normalized spacial score (nSPS) is 13.2. The van der Waals surface area contributed by atoms with Gasteiger partial charge in [-0.1, -0.05) is 48.5 Å². The molecule has 0 amide bonds. The molecule has 0 saturated heterocycles. The average Bonchev–Trinajstić information content (AvgIpc) is 3.21. The van der Waals surface area contributed by atoms with Crippen molar-refractivity contribution in [3.63, 3.8) is 0 Å². The smallest absolute Gasteiger partial charge is 0.273 e. The number of rotatable bonds is 10. The zero-order chi connectivity index (χ0) is 21.5. The molecule has 2 aromatic heterocycles. The van der Waals surface area contributed by atoms with Crippen molar-refractivity contribution in [1.82, 2.24) is 19.5 Å². The van der Waals surface area contributed by atoms with Gasteiger partial charge in [0.15, 0.2) is 11.5 Å². The highest BCUT2D eigenvalue weighted by molar-refractivity contribution is 7.59. The van der Waals surface area contributed by atoms with E-state index in [4.69, 9.17) is 15.0 Å². The first-order valence-electron chi connectivity index (χ1n) is 9.99. The van der Waals surface area contributed by atoms with Gasteiger partial charge in [-0.15, -0.1) is 0 Å². The van der Waals surface area contributed by atoms with Crippen molar-refractivity contribution in [3.05, 3.63) is 78.9 Å². The van der Waals surface area contributed by atoms with Gasteiger partial charge in [0.1, 0.15) is 23.9 Å². The van der Waals surface area contributed by atoms with Gasteiger partial charge in [0.05, 0.1) is 12.9 Å². The maximum atomic E-state index is 13.6. The van der Waals surface area contributed by atoms with Gasteiger partial charge in [-0.3, -0.25) is 4.57 Å². The fourth-order valence-electron chi connectivity index (χ4n) is 3.18. The standard InChI is InChI=1S/C22H24N5O3P/c23-21-20-22(25-15-24-21)27(16-26-20)12-13-29-17-31(28,30-19-9-5-2-6-10-19)14-11-18-7-3-1-4-8-18/h1-10,15-16H,11-14,17H2,(H2,23,24,25). The van der Waals surface area contributed by atoms with E-state index in [1.54, 1.807) is 18.5 Å². The van der Waals surface area contributed by atoms with Crippen molar-refractivity contribution in [2.45, 2.75) is 13.0 Å². The Morgan fingerprint density at radius 3 is 2.48 bits per heavy atom. The number of nitrogens with zero attached hydrogens (tertiary/aromatic N) is 4. The highest BCUT2D eigenvalue weighted by Crippen LogP contribution is 2.47. The van der Waals surface area contributed by atoms with Crippen LogP contribution >= 0.6 is 7.37 Å². The topological polar surface area (TPSA) is 105 Å². The van der Waals surface area contributed by atoms with Crippen molar-refractivity contribution in [1.29, 1.82) is 0 Å². The van der Waals surface area contributed by atoms with E-state index in [-0.39, 0.29) is 6.35 Å². The van der Waals surface area contributed by atoms with Crippen LogP contribution in [0.4, 0.5) is 5.82 Å².